The van der Waals surface area contributed by atoms with Gasteiger partial charge in [0.15, 0.2) is 11.6 Å². The van der Waals surface area contributed by atoms with Crippen LogP contribution < -0.4 is 5.32 Å². The second-order valence-electron chi connectivity index (χ2n) is 7.77. The van der Waals surface area contributed by atoms with Crippen LogP contribution in [-0.2, 0) is 17.6 Å². The highest BCUT2D eigenvalue weighted by Crippen LogP contribution is 2.33. The zero-order chi connectivity index (χ0) is 24.4. The van der Waals surface area contributed by atoms with E-state index in [0.717, 1.165) is 33.7 Å². The van der Waals surface area contributed by atoms with Gasteiger partial charge >= 0.3 is 0 Å². The third-order valence-electron chi connectivity index (χ3n) is 5.02. The maximum atomic E-state index is 13.6. The predicted molar refractivity (Wildman–Crippen MR) is 136 cm³/mol. The molecule has 6 heteroatoms. The van der Waals surface area contributed by atoms with Gasteiger partial charge in [0.1, 0.15) is 11.5 Å². The number of fused-ring (bicyclic) bond motifs is 3. The Morgan fingerprint density at radius 2 is 2.00 bits per heavy atom. The lowest BCUT2D eigenvalue weighted by atomic mass is 9.91. The van der Waals surface area contributed by atoms with Crippen molar-refractivity contribution in [2.24, 2.45) is 0 Å². The molecule has 0 saturated heterocycles. The maximum Gasteiger partial charge on any atom is 0.156 e. The van der Waals surface area contributed by atoms with E-state index >= 15 is 0 Å². The molecule has 1 aromatic carbocycles. The maximum absolute atomic E-state index is 13.6. The number of benzene rings is 1. The summed E-state index contributed by atoms with van der Waals surface area (Å²) in [5, 5.41) is 3.18. The molecule has 0 atom stereocenters. The molecular weight excluding hydrogens is 437 g/mol. The van der Waals surface area contributed by atoms with Crippen molar-refractivity contribution in [1.82, 2.24) is 9.97 Å². The average Bonchev–Trinajstić information content (AvgIpc) is 2.81. The number of Topliss-reactive ketones (excluding diaryl/α,β-unsaturated/α-hetero) is 1. The molecule has 1 aliphatic rings. The van der Waals surface area contributed by atoms with Crippen LogP contribution in [0.4, 0.5) is 10.2 Å². The molecule has 1 aliphatic carbocycles. The number of carbonyl (C=O) groups is 1. The molecule has 0 aliphatic heterocycles. The zero-order valence-electron chi connectivity index (χ0n) is 19.3. The molecule has 3 rings (SSSR count). The summed E-state index contributed by atoms with van der Waals surface area (Å²) in [6.07, 6.45) is 17.3. The number of alkyl halides is 1. The lowest BCUT2D eigenvalue weighted by molar-refractivity contribution is -0.116. The fourth-order valence-electron chi connectivity index (χ4n) is 3.56. The smallest absolute Gasteiger partial charge is 0.156 e. The first-order valence-electron chi connectivity index (χ1n) is 10.7. The van der Waals surface area contributed by atoms with Crippen LogP contribution in [0.2, 0.25) is 0 Å². The van der Waals surface area contributed by atoms with Gasteiger partial charge in [0, 0.05) is 17.9 Å². The van der Waals surface area contributed by atoms with Gasteiger partial charge in [-0.1, -0.05) is 23.8 Å². The summed E-state index contributed by atoms with van der Waals surface area (Å²) in [6.45, 7) is 6.03. The van der Waals surface area contributed by atoms with Crippen LogP contribution in [0.5, 0.6) is 0 Å². The SMILES string of the molecule is C#C.C/C=C(\C=C/CCl)CC(=O)CNc1nc2c(nc1C=C(C)C)-c1ccc(F)cc1CC2. The topological polar surface area (TPSA) is 54.9 Å². The lowest BCUT2D eigenvalue weighted by Crippen LogP contribution is -2.18. The van der Waals surface area contributed by atoms with E-state index in [1.165, 1.54) is 6.07 Å². The molecule has 1 N–H and O–H groups in total. The van der Waals surface area contributed by atoms with E-state index in [1.807, 2.05) is 45.1 Å². The first-order chi connectivity index (χ1) is 15.9. The molecule has 1 heterocycles. The van der Waals surface area contributed by atoms with Gasteiger partial charge in [0.25, 0.3) is 0 Å². The van der Waals surface area contributed by atoms with Crippen LogP contribution in [-0.4, -0.2) is 28.2 Å². The fraction of sp³-hybridized carbons (Fsp3) is 0.296. The third kappa shape index (κ3) is 7.13. The Hall–Kier alpha value is -3.23. The Kier molecular flexibility index (Phi) is 10.0. The van der Waals surface area contributed by atoms with Crippen molar-refractivity contribution in [3.63, 3.8) is 0 Å². The van der Waals surface area contributed by atoms with Gasteiger partial charge in [-0.2, -0.15) is 0 Å². The van der Waals surface area contributed by atoms with E-state index in [2.05, 4.69) is 18.2 Å². The minimum atomic E-state index is -0.238. The van der Waals surface area contributed by atoms with Crippen molar-refractivity contribution in [3.05, 3.63) is 70.3 Å². The van der Waals surface area contributed by atoms with Crippen LogP contribution in [0.15, 0.2) is 47.6 Å². The molecule has 2 aromatic rings. The number of aromatic nitrogens is 2. The van der Waals surface area contributed by atoms with Gasteiger partial charge in [-0.15, -0.1) is 24.4 Å². The number of nitrogens with one attached hydrogen (secondary N) is 1. The first kappa shape index (κ1) is 26.0. The number of ketones is 1. The van der Waals surface area contributed by atoms with E-state index in [1.54, 1.807) is 12.1 Å². The summed E-state index contributed by atoms with van der Waals surface area (Å²) in [7, 11) is 0. The molecule has 0 radical (unpaired) electrons. The monoisotopic (exact) mass is 465 g/mol. The van der Waals surface area contributed by atoms with Crippen LogP contribution in [0.3, 0.4) is 0 Å². The zero-order valence-corrected chi connectivity index (χ0v) is 20.0. The van der Waals surface area contributed by atoms with Gasteiger partial charge in [-0.25, -0.2) is 14.4 Å². The van der Waals surface area contributed by atoms with E-state index < -0.39 is 0 Å². The molecule has 1 aromatic heterocycles. The molecule has 0 fully saturated rings. The second kappa shape index (κ2) is 12.7. The van der Waals surface area contributed by atoms with Crippen molar-refractivity contribution in [2.75, 3.05) is 17.7 Å². The third-order valence-corrected chi connectivity index (χ3v) is 5.20. The number of aryl methyl sites for hydroxylation is 2. The molecule has 0 amide bonds. The number of carbonyl (C=O) groups excluding carboxylic acids is 1. The van der Waals surface area contributed by atoms with Gasteiger partial charge < -0.3 is 5.32 Å². The number of terminal acetylenes is 1. The molecule has 0 unspecified atom stereocenters. The largest absolute Gasteiger partial charge is 0.361 e. The van der Waals surface area contributed by atoms with Crippen LogP contribution >= 0.6 is 11.6 Å². The standard InChI is InChI=1S/C25H27ClFN3O.C2H2/c1-4-17(6-5-11-26)13-20(31)15-28-25-23(12-16(2)3)29-24-21-9-8-19(27)14-18(21)7-10-22(24)30-25;1-2/h4-6,8-9,12,14H,7,10-11,13,15H2,1-3H3,(H,28,30);1-2H/b6-5-,17-4+;. The first-order valence-corrected chi connectivity index (χ1v) is 11.3. The number of halogens is 2. The highest BCUT2D eigenvalue weighted by molar-refractivity contribution is 6.18. The van der Waals surface area contributed by atoms with E-state index in [-0.39, 0.29) is 18.1 Å². The summed E-state index contributed by atoms with van der Waals surface area (Å²) >= 11 is 5.69. The minimum absolute atomic E-state index is 0.0517. The molecular formula is C27H29ClFN3O. The molecule has 33 heavy (non-hydrogen) atoms. The Labute approximate surface area is 200 Å². The lowest BCUT2D eigenvalue weighted by Gasteiger charge is -2.20. The van der Waals surface area contributed by atoms with Crippen molar-refractivity contribution >= 4 is 29.3 Å². The number of hydrogen-bond donors (Lipinski definition) is 1. The van der Waals surface area contributed by atoms with Crippen molar-refractivity contribution in [3.8, 4) is 24.1 Å². The number of hydrogen-bond acceptors (Lipinski definition) is 4. The number of nitrogens with zero attached hydrogens (tertiary/aromatic N) is 2. The highest BCUT2D eigenvalue weighted by Gasteiger charge is 2.21. The van der Waals surface area contributed by atoms with Crippen molar-refractivity contribution in [2.45, 2.75) is 40.0 Å². The summed E-state index contributed by atoms with van der Waals surface area (Å²) in [4.78, 5) is 22.1. The van der Waals surface area contributed by atoms with Crippen LogP contribution in [0.1, 0.15) is 44.1 Å². The quantitative estimate of drug-likeness (QED) is 0.288. The second-order valence-corrected chi connectivity index (χ2v) is 8.07. The van der Waals surface area contributed by atoms with Crippen LogP contribution in [0, 0.1) is 18.7 Å². The fourth-order valence-corrected chi connectivity index (χ4v) is 3.65. The molecule has 0 saturated carbocycles. The summed E-state index contributed by atoms with van der Waals surface area (Å²) in [6, 6.07) is 4.80. The summed E-state index contributed by atoms with van der Waals surface area (Å²) in [5.74, 6) is 0.821. The number of rotatable bonds is 8. The van der Waals surface area contributed by atoms with Crippen molar-refractivity contribution in [1.29, 1.82) is 0 Å². The van der Waals surface area contributed by atoms with E-state index in [0.29, 0.717) is 36.7 Å². The van der Waals surface area contributed by atoms with Gasteiger partial charge in [-0.05, 0) is 69.0 Å². The molecule has 172 valence electrons. The minimum Gasteiger partial charge on any atom is -0.361 e. The molecule has 0 bridgehead atoms. The van der Waals surface area contributed by atoms with Crippen molar-refractivity contribution < 1.29 is 9.18 Å². The average molecular weight is 466 g/mol. The number of anilines is 1. The van der Waals surface area contributed by atoms with Gasteiger partial charge in [-0.3, -0.25) is 4.79 Å². The Balaban J connectivity index is 0.00000187. The van der Waals surface area contributed by atoms with Gasteiger partial charge in [0.05, 0.1) is 17.9 Å². The molecule has 4 nitrogen and oxygen atoms in total. The normalized spacial score (nSPS) is 12.3. The van der Waals surface area contributed by atoms with E-state index in [4.69, 9.17) is 21.6 Å². The summed E-state index contributed by atoms with van der Waals surface area (Å²) < 4.78 is 13.6. The number of allylic oxidation sites excluding steroid dienone is 5. The Morgan fingerprint density at radius 1 is 1.24 bits per heavy atom. The highest BCUT2D eigenvalue weighted by atomic mass is 35.5. The van der Waals surface area contributed by atoms with Crippen LogP contribution in [0.25, 0.3) is 17.3 Å². The Morgan fingerprint density at radius 3 is 2.67 bits per heavy atom. The summed E-state index contributed by atoms with van der Waals surface area (Å²) in [5.41, 5.74) is 6.19. The van der Waals surface area contributed by atoms with Gasteiger partial charge in [0.2, 0.25) is 0 Å². The Bertz CT molecular complexity index is 1110. The molecule has 0 spiro atoms. The predicted octanol–water partition coefficient (Wildman–Crippen LogP) is 6.17. The van der Waals surface area contributed by atoms with E-state index in [9.17, 15) is 9.18 Å².